The molecular weight excluding hydrogens is 495 g/mol. The number of hydrogen-bond acceptors (Lipinski definition) is 7. The summed E-state index contributed by atoms with van der Waals surface area (Å²) >= 11 is 0. The lowest BCUT2D eigenvalue weighted by Gasteiger charge is -2.42. The third kappa shape index (κ3) is 3.77. The van der Waals surface area contributed by atoms with Crippen molar-refractivity contribution in [3.63, 3.8) is 0 Å². The number of methoxy groups -OCH3 is 2. The third-order valence-electron chi connectivity index (χ3n) is 6.52. The number of ether oxygens (including phenoxy) is 4. The van der Waals surface area contributed by atoms with Gasteiger partial charge in [0.15, 0.2) is 23.2 Å². The maximum Gasteiger partial charge on any atom is 0.471 e. The molecule has 3 unspecified atom stereocenters. The molecule has 192 valence electrons. The molecule has 1 amide bonds. The highest BCUT2D eigenvalue weighted by atomic mass is 19.4. The summed E-state index contributed by atoms with van der Waals surface area (Å²) in [4.78, 5) is 39.4. The van der Waals surface area contributed by atoms with Gasteiger partial charge in [-0.1, -0.05) is 48.5 Å². The van der Waals surface area contributed by atoms with E-state index in [9.17, 15) is 27.6 Å². The van der Waals surface area contributed by atoms with Crippen LogP contribution in [-0.4, -0.2) is 56.0 Å². The summed E-state index contributed by atoms with van der Waals surface area (Å²) in [6, 6.07) is 14.1. The number of benzene rings is 2. The Hall–Kier alpha value is -4.12. The van der Waals surface area contributed by atoms with Crippen molar-refractivity contribution in [1.29, 1.82) is 0 Å². The predicted octanol–water partition coefficient (Wildman–Crippen LogP) is 3.23. The van der Waals surface area contributed by atoms with Crippen molar-refractivity contribution in [2.24, 2.45) is 0 Å². The Labute approximate surface area is 208 Å². The van der Waals surface area contributed by atoms with Crippen molar-refractivity contribution in [3.05, 3.63) is 88.9 Å². The van der Waals surface area contributed by atoms with E-state index in [0.717, 1.165) is 14.2 Å². The van der Waals surface area contributed by atoms with Crippen molar-refractivity contribution < 1.29 is 46.5 Å². The van der Waals surface area contributed by atoms with Crippen molar-refractivity contribution >= 4 is 23.5 Å². The van der Waals surface area contributed by atoms with E-state index in [1.54, 1.807) is 36.4 Å². The topological polar surface area (TPSA) is 94.7 Å². The Morgan fingerprint density at radius 2 is 1.57 bits per heavy atom. The zero-order valence-corrected chi connectivity index (χ0v) is 19.6. The van der Waals surface area contributed by atoms with E-state index in [1.165, 1.54) is 24.3 Å². The first-order chi connectivity index (χ1) is 17.6. The van der Waals surface area contributed by atoms with E-state index in [-0.39, 0.29) is 34.8 Å². The Morgan fingerprint density at radius 1 is 0.973 bits per heavy atom. The first-order valence-corrected chi connectivity index (χ1v) is 11.2. The number of carbonyl (C=O) groups excluding carboxylic acids is 3. The number of fused-ring (bicyclic) bond motifs is 4. The molecule has 0 aliphatic carbocycles. The zero-order chi connectivity index (χ0) is 26.5. The number of carbonyl (C=O) groups is 3. The van der Waals surface area contributed by atoms with Crippen LogP contribution in [0, 0.1) is 0 Å². The Kier molecular flexibility index (Phi) is 5.82. The molecule has 0 fully saturated rings. The van der Waals surface area contributed by atoms with E-state index >= 15 is 0 Å². The fourth-order valence-electron chi connectivity index (χ4n) is 5.00. The van der Waals surface area contributed by atoms with E-state index < -0.39 is 41.8 Å². The number of esters is 2. The van der Waals surface area contributed by atoms with Crippen LogP contribution in [0.15, 0.2) is 83.3 Å². The van der Waals surface area contributed by atoms with Gasteiger partial charge in [-0.3, -0.25) is 9.69 Å². The first-order valence-electron chi connectivity index (χ1n) is 11.2. The average molecular weight is 515 g/mol. The molecule has 0 saturated carbocycles. The summed E-state index contributed by atoms with van der Waals surface area (Å²) in [5.74, 6) is -3.86. The van der Waals surface area contributed by atoms with Crippen molar-refractivity contribution in [1.82, 2.24) is 0 Å². The Morgan fingerprint density at radius 3 is 2.14 bits per heavy atom. The minimum absolute atomic E-state index is 0.0717. The van der Waals surface area contributed by atoms with Crippen molar-refractivity contribution in [2.75, 3.05) is 19.1 Å². The first kappa shape index (κ1) is 24.6. The maximum atomic E-state index is 14.0. The largest absolute Gasteiger partial charge is 0.471 e. The lowest BCUT2D eigenvalue weighted by Crippen LogP contribution is -2.60. The van der Waals surface area contributed by atoms with Gasteiger partial charge in [0.05, 0.1) is 31.4 Å². The second-order valence-corrected chi connectivity index (χ2v) is 8.51. The summed E-state index contributed by atoms with van der Waals surface area (Å²) in [5, 5.41) is 0. The average Bonchev–Trinajstić information content (AvgIpc) is 3.56. The van der Waals surface area contributed by atoms with E-state index in [0.29, 0.717) is 10.5 Å². The number of para-hydroxylation sites is 1. The van der Waals surface area contributed by atoms with Crippen molar-refractivity contribution in [3.8, 4) is 0 Å². The SMILES string of the molecule is COC(=O)C1=C(C(=O)OC)C2(C(Cc3ccccc3)N(C(=O)C(F)(F)F)c3ccccc3)OC1C1=C2O1. The second kappa shape index (κ2) is 8.77. The smallest absolute Gasteiger partial charge is 0.466 e. The number of rotatable bonds is 7. The molecular formula is C26H20F3NO7. The van der Waals surface area contributed by atoms with E-state index in [4.69, 9.17) is 18.9 Å². The van der Waals surface area contributed by atoms with Crippen LogP contribution in [0.1, 0.15) is 5.56 Å². The van der Waals surface area contributed by atoms with Gasteiger partial charge >= 0.3 is 24.0 Å². The molecule has 2 aromatic carbocycles. The lowest BCUT2D eigenvalue weighted by molar-refractivity contribution is -0.172. The molecule has 37 heavy (non-hydrogen) atoms. The molecule has 3 atom stereocenters. The number of alkyl halides is 3. The zero-order valence-electron chi connectivity index (χ0n) is 19.6. The number of hydrogen-bond donors (Lipinski definition) is 0. The summed E-state index contributed by atoms with van der Waals surface area (Å²) in [5.41, 5.74) is -2.20. The molecule has 0 spiro atoms. The fraction of sp³-hybridized carbons (Fsp3) is 0.269. The summed E-state index contributed by atoms with van der Waals surface area (Å²) in [6.07, 6.45) is -6.66. The summed E-state index contributed by atoms with van der Waals surface area (Å²) < 4.78 is 63.7. The van der Waals surface area contributed by atoms with Gasteiger partial charge in [-0.15, -0.1) is 0 Å². The van der Waals surface area contributed by atoms with Crippen LogP contribution in [0.4, 0.5) is 18.9 Å². The van der Waals surface area contributed by atoms with Gasteiger partial charge in [-0.2, -0.15) is 13.2 Å². The van der Waals surface area contributed by atoms with Crippen LogP contribution in [0.2, 0.25) is 0 Å². The second-order valence-electron chi connectivity index (χ2n) is 8.51. The van der Waals surface area contributed by atoms with Crippen LogP contribution < -0.4 is 4.90 Å². The molecule has 8 nitrogen and oxygen atoms in total. The molecule has 2 aromatic rings. The highest BCUT2D eigenvalue weighted by molar-refractivity contribution is 6.07. The Balaban J connectivity index is 1.78. The highest BCUT2D eigenvalue weighted by Gasteiger charge is 2.74. The molecule has 0 saturated heterocycles. The van der Waals surface area contributed by atoms with Crippen LogP contribution in [0.25, 0.3) is 0 Å². The quantitative estimate of drug-likeness (QED) is 0.523. The van der Waals surface area contributed by atoms with Gasteiger partial charge in [0.25, 0.3) is 0 Å². The van der Waals surface area contributed by atoms with Crippen molar-refractivity contribution in [2.45, 2.75) is 30.3 Å². The molecule has 3 aliphatic rings. The van der Waals surface area contributed by atoms with E-state index in [2.05, 4.69) is 0 Å². The number of amides is 1. The maximum absolute atomic E-state index is 14.0. The fourth-order valence-corrected chi connectivity index (χ4v) is 5.00. The summed E-state index contributed by atoms with van der Waals surface area (Å²) in [6.45, 7) is 0. The van der Waals surface area contributed by atoms with Crippen LogP contribution in [0.5, 0.6) is 0 Å². The minimum atomic E-state index is -5.28. The predicted molar refractivity (Wildman–Crippen MR) is 121 cm³/mol. The van der Waals surface area contributed by atoms with Gasteiger partial charge in [0.2, 0.25) is 0 Å². The third-order valence-corrected chi connectivity index (χ3v) is 6.52. The molecule has 0 aromatic heterocycles. The summed E-state index contributed by atoms with van der Waals surface area (Å²) in [7, 11) is 2.16. The monoisotopic (exact) mass is 515 g/mol. The molecule has 3 aliphatic heterocycles. The highest BCUT2D eigenvalue weighted by Crippen LogP contribution is 2.63. The standard InChI is InChI=1S/C26H20F3NO7/c1-34-22(31)17-18(23(32)35-2)25(21-20(36-21)19(17)37-25)16(13-14-9-5-3-6-10-14)30(24(33)26(27,28)29)15-11-7-4-8-12-15/h3-12,16,19H,13H2,1-2H3. The van der Waals surface area contributed by atoms with Gasteiger partial charge in [-0.05, 0) is 24.1 Å². The molecule has 0 radical (unpaired) electrons. The van der Waals surface area contributed by atoms with Gasteiger partial charge in [0.1, 0.15) is 0 Å². The van der Waals surface area contributed by atoms with Gasteiger partial charge < -0.3 is 18.9 Å². The van der Waals surface area contributed by atoms with Gasteiger partial charge in [0, 0.05) is 5.69 Å². The molecule has 3 heterocycles. The number of halogens is 3. The van der Waals surface area contributed by atoms with Crippen LogP contribution >= 0.6 is 0 Å². The van der Waals surface area contributed by atoms with E-state index in [1.807, 2.05) is 0 Å². The molecule has 11 heteroatoms. The Bertz CT molecular complexity index is 1340. The number of nitrogens with zero attached hydrogens (tertiary/aromatic N) is 1. The van der Waals surface area contributed by atoms with Gasteiger partial charge in [-0.25, -0.2) is 9.59 Å². The molecule has 5 rings (SSSR count). The van der Waals surface area contributed by atoms with Crippen LogP contribution in [-0.2, 0) is 39.8 Å². The molecule has 0 N–H and O–H groups in total. The molecule has 2 bridgehead atoms. The lowest BCUT2D eigenvalue weighted by atomic mass is 9.77. The number of anilines is 1. The van der Waals surface area contributed by atoms with Crippen LogP contribution in [0.3, 0.4) is 0 Å². The minimum Gasteiger partial charge on any atom is -0.466 e. The normalized spacial score (nSPS) is 22.2.